The Morgan fingerprint density at radius 2 is 1.18 bits per heavy atom. The normalized spacial score (nSPS) is 18.9. The van der Waals surface area contributed by atoms with Crippen LogP contribution in [0.3, 0.4) is 0 Å². The van der Waals surface area contributed by atoms with Gasteiger partial charge >= 0.3 is 5.97 Å². The maximum atomic E-state index is 11.2. The van der Waals surface area contributed by atoms with Crippen molar-refractivity contribution in [2.75, 3.05) is 16.4 Å². The smallest absolute Gasteiger partial charge is 0.335 e. The van der Waals surface area contributed by atoms with Gasteiger partial charge in [0.15, 0.2) is 0 Å². The van der Waals surface area contributed by atoms with Crippen LogP contribution in [0, 0.1) is 0 Å². The summed E-state index contributed by atoms with van der Waals surface area (Å²) in [6.07, 6.45) is 2.00. The molecule has 0 amide bonds. The Balaban J connectivity index is 1.75. The predicted molar refractivity (Wildman–Crippen MR) is 112 cm³/mol. The van der Waals surface area contributed by atoms with Crippen LogP contribution < -0.4 is 16.4 Å². The van der Waals surface area contributed by atoms with Crippen LogP contribution in [-0.4, -0.2) is 11.1 Å². The Morgan fingerprint density at radius 3 is 1.57 bits per heavy atom. The molecular formula is C23H23N3O2. The summed E-state index contributed by atoms with van der Waals surface area (Å²) in [4.78, 5) is 13.6. The molecule has 1 heterocycles. The lowest BCUT2D eigenvalue weighted by molar-refractivity contribution is 0.0697. The number of nitrogens with two attached hydrogens (primary N) is 2. The number of nitrogens with zero attached hydrogens (tertiary/aromatic N) is 1. The van der Waals surface area contributed by atoms with E-state index in [-0.39, 0.29) is 17.6 Å². The van der Waals surface area contributed by atoms with Crippen molar-refractivity contribution in [1.82, 2.24) is 0 Å². The summed E-state index contributed by atoms with van der Waals surface area (Å²) in [5, 5.41) is 9.22. The first-order valence-electron chi connectivity index (χ1n) is 9.35. The monoisotopic (exact) mass is 373 g/mol. The number of aromatic carboxylic acids is 1. The fraction of sp³-hybridized carbons (Fsp3) is 0.174. The molecule has 5 N–H and O–H groups in total. The molecule has 1 aliphatic rings. The third-order valence-electron chi connectivity index (χ3n) is 5.44. The first kappa shape index (κ1) is 17.9. The average molecular weight is 373 g/mol. The largest absolute Gasteiger partial charge is 0.478 e. The van der Waals surface area contributed by atoms with Crippen molar-refractivity contribution in [2.24, 2.45) is 0 Å². The van der Waals surface area contributed by atoms with Crippen LogP contribution in [0.2, 0.25) is 0 Å². The molecule has 3 aromatic rings. The van der Waals surface area contributed by atoms with E-state index < -0.39 is 5.97 Å². The molecule has 142 valence electrons. The third kappa shape index (κ3) is 3.39. The minimum atomic E-state index is -0.918. The lowest BCUT2D eigenvalue weighted by atomic mass is 10.0. The highest BCUT2D eigenvalue weighted by Gasteiger charge is 2.35. The number of anilines is 3. The zero-order valence-corrected chi connectivity index (χ0v) is 15.5. The lowest BCUT2D eigenvalue weighted by Crippen LogP contribution is -2.26. The lowest BCUT2D eigenvalue weighted by Gasteiger charge is -2.33. The number of benzene rings is 3. The Hall–Kier alpha value is -3.47. The molecule has 1 saturated heterocycles. The molecule has 0 bridgehead atoms. The Labute approximate surface area is 164 Å². The molecular weight excluding hydrogens is 350 g/mol. The first-order chi connectivity index (χ1) is 13.5. The van der Waals surface area contributed by atoms with Crippen molar-refractivity contribution >= 4 is 23.0 Å². The second kappa shape index (κ2) is 7.27. The first-order valence-corrected chi connectivity index (χ1v) is 9.35. The van der Waals surface area contributed by atoms with Gasteiger partial charge in [-0.05, 0) is 72.5 Å². The molecule has 5 heteroatoms. The van der Waals surface area contributed by atoms with Gasteiger partial charge in [-0.3, -0.25) is 0 Å². The molecule has 1 fully saturated rings. The topological polar surface area (TPSA) is 92.6 Å². The molecule has 4 rings (SSSR count). The van der Waals surface area contributed by atoms with Gasteiger partial charge in [-0.15, -0.1) is 0 Å². The second-order valence-corrected chi connectivity index (χ2v) is 7.20. The van der Waals surface area contributed by atoms with E-state index in [1.165, 1.54) is 11.1 Å². The molecule has 0 saturated carbocycles. The third-order valence-corrected chi connectivity index (χ3v) is 5.44. The van der Waals surface area contributed by atoms with Gasteiger partial charge in [-0.25, -0.2) is 4.79 Å². The predicted octanol–water partition coefficient (Wildman–Crippen LogP) is 4.63. The number of hydrogen-bond donors (Lipinski definition) is 3. The van der Waals surface area contributed by atoms with Gasteiger partial charge in [0.1, 0.15) is 0 Å². The summed E-state index contributed by atoms with van der Waals surface area (Å²) in [5.74, 6) is -0.918. The fourth-order valence-electron chi connectivity index (χ4n) is 4.04. The number of hydrogen-bond acceptors (Lipinski definition) is 4. The van der Waals surface area contributed by atoms with Crippen LogP contribution in [0.15, 0.2) is 72.8 Å². The number of nitrogen functional groups attached to an aromatic ring is 2. The molecule has 0 radical (unpaired) electrons. The van der Waals surface area contributed by atoms with Gasteiger partial charge in [-0.2, -0.15) is 0 Å². The summed E-state index contributed by atoms with van der Waals surface area (Å²) < 4.78 is 0. The van der Waals surface area contributed by atoms with Crippen LogP contribution in [0.25, 0.3) is 0 Å². The van der Waals surface area contributed by atoms with Crippen LogP contribution in [0.5, 0.6) is 0 Å². The Bertz CT molecular complexity index is 913. The molecule has 5 nitrogen and oxygen atoms in total. The summed E-state index contributed by atoms with van der Waals surface area (Å²) in [7, 11) is 0. The van der Waals surface area contributed by atoms with Crippen molar-refractivity contribution in [3.8, 4) is 0 Å². The van der Waals surface area contributed by atoms with Crippen molar-refractivity contribution in [3.05, 3.63) is 89.5 Å². The fourth-order valence-corrected chi connectivity index (χ4v) is 4.04. The molecule has 1 aliphatic heterocycles. The highest BCUT2D eigenvalue weighted by atomic mass is 16.4. The number of carboxylic acids is 1. The minimum absolute atomic E-state index is 0.193. The van der Waals surface area contributed by atoms with Gasteiger partial charge in [0.25, 0.3) is 0 Å². The van der Waals surface area contributed by atoms with Crippen molar-refractivity contribution in [3.63, 3.8) is 0 Å². The maximum Gasteiger partial charge on any atom is 0.335 e. The SMILES string of the molecule is Nc1ccc([C@@H]2CC[C@@H](c3ccc(N)cc3)N2c2ccc(C(=O)O)cc2)cc1. The van der Waals surface area contributed by atoms with E-state index in [4.69, 9.17) is 11.5 Å². The molecule has 2 atom stereocenters. The van der Waals surface area contributed by atoms with E-state index >= 15 is 0 Å². The zero-order chi connectivity index (χ0) is 19.7. The minimum Gasteiger partial charge on any atom is -0.478 e. The van der Waals surface area contributed by atoms with Gasteiger partial charge in [-0.1, -0.05) is 24.3 Å². The number of carbonyl (C=O) groups is 1. The number of carboxylic acid groups (broad SMARTS) is 1. The summed E-state index contributed by atoms with van der Waals surface area (Å²) in [6, 6.07) is 23.5. The average Bonchev–Trinajstić information content (AvgIpc) is 3.14. The van der Waals surface area contributed by atoms with E-state index in [0.29, 0.717) is 0 Å². The van der Waals surface area contributed by atoms with Crippen LogP contribution >= 0.6 is 0 Å². The highest BCUT2D eigenvalue weighted by Crippen LogP contribution is 2.47. The van der Waals surface area contributed by atoms with Crippen molar-refractivity contribution < 1.29 is 9.90 Å². The molecule has 3 aromatic carbocycles. The quantitative estimate of drug-likeness (QED) is 0.580. The molecule has 0 unspecified atom stereocenters. The molecule has 28 heavy (non-hydrogen) atoms. The molecule has 0 aromatic heterocycles. The van der Waals surface area contributed by atoms with Crippen molar-refractivity contribution in [1.29, 1.82) is 0 Å². The van der Waals surface area contributed by atoms with E-state index in [1.807, 2.05) is 36.4 Å². The summed E-state index contributed by atoms with van der Waals surface area (Å²) >= 11 is 0. The Kier molecular flexibility index (Phi) is 4.65. The molecule has 0 spiro atoms. The summed E-state index contributed by atoms with van der Waals surface area (Å²) in [5.41, 5.74) is 16.9. The highest BCUT2D eigenvalue weighted by molar-refractivity contribution is 5.88. The Morgan fingerprint density at radius 1 is 0.750 bits per heavy atom. The maximum absolute atomic E-state index is 11.2. The second-order valence-electron chi connectivity index (χ2n) is 7.20. The zero-order valence-electron chi connectivity index (χ0n) is 15.5. The van der Waals surface area contributed by atoms with E-state index in [1.54, 1.807) is 12.1 Å². The van der Waals surface area contributed by atoms with E-state index in [0.717, 1.165) is 29.9 Å². The van der Waals surface area contributed by atoms with E-state index in [9.17, 15) is 9.90 Å². The van der Waals surface area contributed by atoms with Gasteiger partial charge in [0.2, 0.25) is 0 Å². The number of rotatable bonds is 4. The van der Waals surface area contributed by atoms with Gasteiger partial charge < -0.3 is 21.5 Å². The van der Waals surface area contributed by atoms with Crippen LogP contribution in [0.1, 0.15) is 46.4 Å². The molecule has 0 aliphatic carbocycles. The van der Waals surface area contributed by atoms with Crippen molar-refractivity contribution in [2.45, 2.75) is 24.9 Å². The van der Waals surface area contributed by atoms with Crippen LogP contribution in [-0.2, 0) is 0 Å². The van der Waals surface area contributed by atoms with Gasteiger partial charge in [0, 0.05) is 17.1 Å². The van der Waals surface area contributed by atoms with E-state index in [2.05, 4.69) is 29.2 Å². The van der Waals surface area contributed by atoms with Crippen LogP contribution in [0.4, 0.5) is 17.1 Å². The summed E-state index contributed by atoms with van der Waals surface area (Å²) in [6.45, 7) is 0. The standard InChI is InChI=1S/C23H23N3O2/c24-18-7-1-15(2-8-18)21-13-14-22(16-3-9-19(25)10-4-16)26(21)20-11-5-17(6-12-20)23(27)28/h1-12,21-22H,13-14,24-25H2,(H,27,28)/t21-,22-/m0/s1. The van der Waals surface area contributed by atoms with Gasteiger partial charge in [0.05, 0.1) is 17.6 Å².